The fourth-order valence-corrected chi connectivity index (χ4v) is 5.08. The monoisotopic (exact) mass is 267 g/mol. The van der Waals surface area contributed by atoms with Gasteiger partial charge in [0.05, 0.1) is 0 Å². The van der Waals surface area contributed by atoms with Crippen molar-refractivity contribution >= 4 is 14.1 Å². The number of rotatable bonds is 4. The summed E-state index contributed by atoms with van der Waals surface area (Å²) in [5, 5.41) is 1.36. The van der Waals surface area contributed by atoms with Gasteiger partial charge in [0.1, 0.15) is 6.61 Å². The Balaban J connectivity index is 2.86. The van der Waals surface area contributed by atoms with Crippen LogP contribution >= 0.6 is 0 Å². The quantitative estimate of drug-likeness (QED) is 0.795. The zero-order chi connectivity index (χ0) is 14.0. The molecule has 0 heterocycles. The largest absolute Gasteiger partial charge is 0.376 e. The van der Waals surface area contributed by atoms with Gasteiger partial charge < -0.3 is 9.72 Å². The van der Waals surface area contributed by atoms with Crippen molar-refractivity contribution in [1.29, 1.82) is 0 Å². The summed E-state index contributed by atoms with van der Waals surface area (Å²) in [4.78, 5) is 14.9. The SMILES string of the molecule is COCC(=O)N[Si](C)(C)C1=CCC=C1C(C)(C)C. The molecular formula is C14H25NO2Si. The maximum absolute atomic E-state index is 11.7. The van der Waals surface area contributed by atoms with Crippen LogP contribution in [0.5, 0.6) is 0 Å². The lowest BCUT2D eigenvalue weighted by molar-refractivity contribution is -0.123. The average Bonchev–Trinajstić information content (AvgIpc) is 2.64. The molecule has 0 spiro atoms. The smallest absolute Gasteiger partial charge is 0.238 e. The lowest BCUT2D eigenvalue weighted by Gasteiger charge is -2.32. The molecule has 0 saturated heterocycles. The Hall–Kier alpha value is -0.873. The molecule has 0 fully saturated rings. The minimum absolute atomic E-state index is 0.0183. The van der Waals surface area contributed by atoms with Crippen LogP contribution in [0.4, 0.5) is 0 Å². The number of ether oxygens (including phenoxy) is 1. The van der Waals surface area contributed by atoms with Crippen molar-refractivity contribution in [2.45, 2.75) is 40.3 Å². The first-order valence-electron chi connectivity index (χ1n) is 6.40. The van der Waals surface area contributed by atoms with Crippen LogP contribution in [-0.2, 0) is 9.53 Å². The van der Waals surface area contributed by atoms with E-state index in [1.807, 2.05) is 0 Å². The summed E-state index contributed by atoms with van der Waals surface area (Å²) in [5.74, 6) is -0.0183. The first-order valence-corrected chi connectivity index (χ1v) is 9.40. The summed E-state index contributed by atoms with van der Waals surface area (Å²) in [7, 11) is -0.385. The molecule has 1 amide bonds. The molecule has 102 valence electrons. The van der Waals surface area contributed by atoms with Crippen LogP contribution in [0.15, 0.2) is 22.9 Å². The van der Waals surface area contributed by atoms with Gasteiger partial charge in [-0.3, -0.25) is 4.79 Å². The molecule has 0 aromatic heterocycles. The molecular weight excluding hydrogens is 242 g/mol. The molecule has 0 bridgehead atoms. The predicted molar refractivity (Wildman–Crippen MR) is 77.7 cm³/mol. The molecule has 0 atom stereocenters. The molecule has 3 nitrogen and oxygen atoms in total. The molecule has 1 aliphatic rings. The van der Waals surface area contributed by atoms with Crippen molar-refractivity contribution in [3.8, 4) is 0 Å². The third-order valence-corrected chi connectivity index (χ3v) is 5.87. The Kier molecular flexibility index (Phi) is 4.56. The Bertz CT molecular complexity index is 389. The highest BCUT2D eigenvalue weighted by Crippen LogP contribution is 2.38. The van der Waals surface area contributed by atoms with Gasteiger partial charge in [0.2, 0.25) is 5.91 Å². The van der Waals surface area contributed by atoms with Gasteiger partial charge >= 0.3 is 0 Å². The summed E-state index contributed by atoms with van der Waals surface area (Å²) in [6.07, 6.45) is 5.53. The van der Waals surface area contributed by atoms with E-state index < -0.39 is 8.24 Å². The number of carbonyl (C=O) groups excluding carboxylic acids is 1. The Labute approximate surface area is 111 Å². The number of hydrogen-bond acceptors (Lipinski definition) is 2. The summed E-state index contributed by atoms with van der Waals surface area (Å²) >= 11 is 0. The van der Waals surface area contributed by atoms with E-state index in [1.54, 1.807) is 7.11 Å². The topological polar surface area (TPSA) is 38.3 Å². The van der Waals surface area contributed by atoms with E-state index in [2.05, 4.69) is 51.0 Å². The van der Waals surface area contributed by atoms with E-state index in [9.17, 15) is 4.79 Å². The number of carbonyl (C=O) groups is 1. The Morgan fingerprint density at radius 1 is 1.39 bits per heavy atom. The van der Waals surface area contributed by atoms with Crippen LogP contribution in [0, 0.1) is 5.41 Å². The summed E-state index contributed by atoms with van der Waals surface area (Å²) in [6.45, 7) is 11.2. The molecule has 0 aromatic carbocycles. The fourth-order valence-electron chi connectivity index (χ4n) is 2.40. The minimum atomic E-state index is -1.93. The van der Waals surface area contributed by atoms with Crippen LogP contribution < -0.4 is 4.98 Å². The van der Waals surface area contributed by atoms with Crippen LogP contribution in [0.25, 0.3) is 0 Å². The number of allylic oxidation sites excluding steroid dienone is 4. The molecule has 0 aromatic rings. The molecule has 0 radical (unpaired) electrons. The van der Waals surface area contributed by atoms with E-state index in [0.717, 1.165) is 6.42 Å². The standard InChI is InChI=1S/C14H25NO2Si/c1-14(2,3)11-8-7-9-12(11)18(5,6)15-13(16)10-17-4/h8-9H,7,10H2,1-6H3,(H,15,16). The highest BCUT2D eigenvalue weighted by molar-refractivity contribution is 6.84. The van der Waals surface area contributed by atoms with Crippen LogP contribution in [0.2, 0.25) is 13.1 Å². The van der Waals surface area contributed by atoms with Crippen LogP contribution in [0.1, 0.15) is 27.2 Å². The second-order valence-corrected chi connectivity index (χ2v) is 10.4. The van der Waals surface area contributed by atoms with Gasteiger partial charge in [-0.05, 0) is 35.7 Å². The third-order valence-electron chi connectivity index (χ3n) is 3.14. The van der Waals surface area contributed by atoms with Crippen LogP contribution in [-0.4, -0.2) is 27.9 Å². The Morgan fingerprint density at radius 2 is 2.00 bits per heavy atom. The normalized spacial score (nSPS) is 16.3. The lowest BCUT2D eigenvalue weighted by Crippen LogP contribution is -2.52. The summed E-state index contributed by atoms with van der Waals surface area (Å²) in [6, 6.07) is 0. The van der Waals surface area contributed by atoms with Crippen LogP contribution in [0.3, 0.4) is 0 Å². The number of nitrogens with one attached hydrogen (secondary N) is 1. The zero-order valence-electron chi connectivity index (χ0n) is 12.4. The van der Waals surface area contributed by atoms with E-state index in [-0.39, 0.29) is 17.9 Å². The van der Waals surface area contributed by atoms with E-state index in [4.69, 9.17) is 4.74 Å². The van der Waals surface area contributed by atoms with Gasteiger partial charge in [-0.15, -0.1) is 0 Å². The van der Waals surface area contributed by atoms with Crippen molar-refractivity contribution in [2.24, 2.45) is 5.41 Å². The van der Waals surface area contributed by atoms with Gasteiger partial charge in [0.25, 0.3) is 0 Å². The van der Waals surface area contributed by atoms with E-state index >= 15 is 0 Å². The fraction of sp³-hybridized carbons (Fsp3) is 0.643. The average molecular weight is 267 g/mol. The van der Waals surface area contributed by atoms with E-state index in [0.29, 0.717) is 0 Å². The van der Waals surface area contributed by atoms with Gasteiger partial charge in [-0.1, -0.05) is 32.9 Å². The molecule has 1 aliphatic carbocycles. The van der Waals surface area contributed by atoms with Crippen molar-refractivity contribution in [2.75, 3.05) is 13.7 Å². The first kappa shape index (κ1) is 15.2. The van der Waals surface area contributed by atoms with Crippen molar-refractivity contribution in [3.05, 3.63) is 22.9 Å². The highest BCUT2D eigenvalue weighted by Gasteiger charge is 2.35. The van der Waals surface area contributed by atoms with Crippen molar-refractivity contribution < 1.29 is 9.53 Å². The maximum Gasteiger partial charge on any atom is 0.238 e. The molecule has 1 rings (SSSR count). The molecule has 18 heavy (non-hydrogen) atoms. The van der Waals surface area contributed by atoms with Crippen molar-refractivity contribution in [3.63, 3.8) is 0 Å². The van der Waals surface area contributed by atoms with Gasteiger partial charge in [0, 0.05) is 7.11 Å². The van der Waals surface area contributed by atoms with Gasteiger partial charge in [-0.25, -0.2) is 0 Å². The maximum atomic E-state index is 11.7. The molecule has 1 N–H and O–H groups in total. The van der Waals surface area contributed by atoms with Gasteiger partial charge in [-0.2, -0.15) is 0 Å². The number of amides is 1. The first-order chi connectivity index (χ1) is 8.18. The molecule has 0 aliphatic heterocycles. The van der Waals surface area contributed by atoms with Gasteiger partial charge in [0.15, 0.2) is 8.24 Å². The third kappa shape index (κ3) is 3.56. The summed E-state index contributed by atoms with van der Waals surface area (Å²) in [5.41, 5.74) is 1.52. The number of methoxy groups -OCH3 is 1. The second-order valence-electron chi connectivity index (χ2n) is 6.33. The molecule has 0 saturated carbocycles. The number of hydrogen-bond donors (Lipinski definition) is 1. The lowest BCUT2D eigenvalue weighted by atomic mass is 9.87. The Morgan fingerprint density at radius 3 is 2.50 bits per heavy atom. The molecule has 4 heteroatoms. The van der Waals surface area contributed by atoms with Crippen molar-refractivity contribution in [1.82, 2.24) is 4.98 Å². The summed E-state index contributed by atoms with van der Waals surface area (Å²) < 4.78 is 4.88. The predicted octanol–water partition coefficient (Wildman–Crippen LogP) is 2.80. The molecule has 0 unspecified atom stereocenters. The second kappa shape index (κ2) is 5.41. The van der Waals surface area contributed by atoms with E-state index in [1.165, 1.54) is 10.8 Å². The minimum Gasteiger partial charge on any atom is -0.376 e. The zero-order valence-corrected chi connectivity index (χ0v) is 13.4. The highest BCUT2D eigenvalue weighted by atomic mass is 28.3.